The summed E-state index contributed by atoms with van der Waals surface area (Å²) in [6, 6.07) is 5.50. The third-order valence-electron chi connectivity index (χ3n) is 4.20. The van der Waals surface area contributed by atoms with Gasteiger partial charge in [-0.25, -0.2) is 4.79 Å². The number of aliphatic carboxylic acids is 1. The minimum Gasteiger partial charge on any atom is -0.481 e. The fourth-order valence-electron chi connectivity index (χ4n) is 3.11. The number of aromatic amines is 1. The lowest BCUT2D eigenvalue weighted by Crippen LogP contribution is -2.28. The molecule has 1 aliphatic rings. The van der Waals surface area contributed by atoms with Gasteiger partial charge in [-0.05, 0) is 37.8 Å². The lowest BCUT2D eigenvalue weighted by molar-refractivity contribution is -0.143. The van der Waals surface area contributed by atoms with Crippen LogP contribution in [0, 0.1) is 5.92 Å². The molecule has 0 amide bonds. The van der Waals surface area contributed by atoms with E-state index in [9.17, 15) is 9.59 Å². The number of hydrogen-bond acceptors (Lipinski definition) is 3. The molecule has 0 radical (unpaired) electrons. The number of nitrogens with zero attached hydrogens (tertiary/aromatic N) is 1. The number of rotatable bonds is 2. The van der Waals surface area contributed by atoms with Crippen molar-refractivity contribution in [2.45, 2.75) is 31.7 Å². The molecule has 6 nitrogen and oxygen atoms in total. The van der Waals surface area contributed by atoms with Crippen LogP contribution in [-0.4, -0.2) is 20.6 Å². The number of imidazole rings is 1. The summed E-state index contributed by atoms with van der Waals surface area (Å²) in [5, 5.41) is 9.03. The quantitative estimate of drug-likeness (QED) is 0.726. The first-order chi connectivity index (χ1) is 9.58. The van der Waals surface area contributed by atoms with E-state index >= 15 is 0 Å². The molecule has 0 atom stereocenters. The maximum absolute atomic E-state index is 12.1. The van der Waals surface area contributed by atoms with Crippen molar-refractivity contribution in [3.05, 3.63) is 28.7 Å². The molecule has 6 heteroatoms. The van der Waals surface area contributed by atoms with Gasteiger partial charge in [0, 0.05) is 6.04 Å². The highest BCUT2D eigenvalue weighted by molar-refractivity contribution is 5.87. The van der Waals surface area contributed by atoms with Gasteiger partial charge in [-0.15, -0.1) is 0 Å². The average molecular weight is 275 g/mol. The van der Waals surface area contributed by atoms with E-state index in [1.54, 1.807) is 10.6 Å². The Labute approximate surface area is 115 Å². The Bertz CT molecular complexity index is 708. The minimum atomic E-state index is -0.737. The van der Waals surface area contributed by atoms with Gasteiger partial charge in [0.25, 0.3) is 0 Å². The number of carboxylic acid groups (broad SMARTS) is 1. The number of nitrogens with two attached hydrogens (primary N) is 1. The largest absolute Gasteiger partial charge is 0.481 e. The highest BCUT2D eigenvalue weighted by Crippen LogP contribution is 2.33. The van der Waals surface area contributed by atoms with Gasteiger partial charge < -0.3 is 15.8 Å². The van der Waals surface area contributed by atoms with E-state index in [0.29, 0.717) is 36.9 Å². The van der Waals surface area contributed by atoms with Gasteiger partial charge in [0.15, 0.2) is 0 Å². The van der Waals surface area contributed by atoms with Crippen LogP contribution in [0.3, 0.4) is 0 Å². The van der Waals surface area contributed by atoms with Crippen molar-refractivity contribution < 1.29 is 9.90 Å². The zero-order valence-corrected chi connectivity index (χ0v) is 11.0. The number of nitrogen functional groups attached to an aromatic ring is 1. The van der Waals surface area contributed by atoms with E-state index in [0.717, 1.165) is 5.52 Å². The second-order valence-electron chi connectivity index (χ2n) is 5.39. The van der Waals surface area contributed by atoms with E-state index in [4.69, 9.17) is 10.8 Å². The van der Waals surface area contributed by atoms with Gasteiger partial charge in [-0.2, -0.15) is 0 Å². The summed E-state index contributed by atoms with van der Waals surface area (Å²) in [6.07, 6.45) is 2.64. The molecule has 1 heterocycles. The Morgan fingerprint density at radius 2 is 2.00 bits per heavy atom. The van der Waals surface area contributed by atoms with Crippen LogP contribution >= 0.6 is 0 Å². The van der Waals surface area contributed by atoms with Crippen molar-refractivity contribution in [3.8, 4) is 0 Å². The standard InChI is InChI=1S/C14H17N3O3/c15-10-2-1-3-11-12(10)16-14(20)17(11)9-6-4-8(5-7-9)13(18)19/h1-3,8-9H,4-7,15H2,(H,16,20)(H,18,19). The van der Waals surface area contributed by atoms with E-state index in [1.165, 1.54) is 0 Å². The molecule has 3 rings (SSSR count). The number of fused-ring (bicyclic) bond motifs is 1. The molecule has 1 fully saturated rings. The molecule has 1 saturated carbocycles. The van der Waals surface area contributed by atoms with Gasteiger partial charge in [-0.1, -0.05) is 6.07 Å². The first-order valence-corrected chi connectivity index (χ1v) is 6.79. The highest BCUT2D eigenvalue weighted by atomic mass is 16.4. The molecule has 1 aliphatic carbocycles. The summed E-state index contributed by atoms with van der Waals surface area (Å²) in [4.78, 5) is 25.9. The molecule has 0 aliphatic heterocycles. The molecule has 0 spiro atoms. The lowest BCUT2D eigenvalue weighted by Gasteiger charge is -2.27. The van der Waals surface area contributed by atoms with E-state index in [2.05, 4.69) is 4.98 Å². The molecular formula is C14H17N3O3. The average Bonchev–Trinajstić information content (AvgIpc) is 2.77. The molecule has 2 aromatic rings. The Hall–Kier alpha value is -2.24. The third-order valence-corrected chi connectivity index (χ3v) is 4.20. The predicted octanol–water partition coefficient (Wildman–Crippen LogP) is 1.73. The number of carbonyl (C=O) groups is 1. The highest BCUT2D eigenvalue weighted by Gasteiger charge is 2.28. The number of para-hydroxylation sites is 1. The summed E-state index contributed by atoms with van der Waals surface area (Å²) >= 11 is 0. The molecule has 0 bridgehead atoms. The van der Waals surface area contributed by atoms with Gasteiger partial charge in [0.1, 0.15) is 0 Å². The molecule has 4 N–H and O–H groups in total. The number of aromatic nitrogens is 2. The summed E-state index contributed by atoms with van der Waals surface area (Å²) in [5.41, 5.74) is 7.72. The van der Waals surface area contributed by atoms with Crippen molar-refractivity contribution in [2.75, 3.05) is 5.73 Å². The lowest BCUT2D eigenvalue weighted by atomic mass is 9.86. The third kappa shape index (κ3) is 1.97. The molecular weight excluding hydrogens is 258 g/mol. The van der Waals surface area contributed by atoms with Crippen molar-refractivity contribution in [1.29, 1.82) is 0 Å². The normalized spacial score (nSPS) is 23.0. The van der Waals surface area contributed by atoms with Gasteiger partial charge in [0.2, 0.25) is 0 Å². The summed E-state index contributed by atoms with van der Waals surface area (Å²) < 4.78 is 1.73. The second kappa shape index (κ2) is 4.70. The molecule has 1 aromatic heterocycles. The predicted molar refractivity (Wildman–Crippen MR) is 75.6 cm³/mol. The number of benzene rings is 1. The van der Waals surface area contributed by atoms with Crippen LogP contribution in [0.25, 0.3) is 11.0 Å². The van der Waals surface area contributed by atoms with Gasteiger partial charge in [0.05, 0.1) is 22.6 Å². The summed E-state index contributed by atoms with van der Waals surface area (Å²) in [6.45, 7) is 0. The summed E-state index contributed by atoms with van der Waals surface area (Å²) in [7, 11) is 0. The van der Waals surface area contributed by atoms with E-state index < -0.39 is 5.97 Å². The number of carboxylic acids is 1. The SMILES string of the molecule is Nc1cccc2c1[nH]c(=O)n2C1CCC(C(=O)O)CC1. The van der Waals surface area contributed by atoms with Crippen molar-refractivity contribution in [3.63, 3.8) is 0 Å². The summed E-state index contributed by atoms with van der Waals surface area (Å²) in [5.74, 6) is -1.02. The van der Waals surface area contributed by atoms with Crippen LogP contribution < -0.4 is 11.4 Å². The number of hydrogen-bond donors (Lipinski definition) is 3. The number of H-pyrrole nitrogens is 1. The molecule has 0 unspecified atom stereocenters. The number of nitrogens with one attached hydrogen (secondary N) is 1. The van der Waals surface area contributed by atoms with Gasteiger partial charge in [-0.3, -0.25) is 9.36 Å². The maximum Gasteiger partial charge on any atom is 0.326 e. The first kappa shape index (κ1) is 12.8. The second-order valence-corrected chi connectivity index (χ2v) is 5.39. The van der Waals surface area contributed by atoms with E-state index in [1.807, 2.05) is 12.1 Å². The van der Waals surface area contributed by atoms with Crippen molar-refractivity contribution >= 4 is 22.7 Å². The Balaban J connectivity index is 1.96. The van der Waals surface area contributed by atoms with E-state index in [-0.39, 0.29) is 17.6 Å². The van der Waals surface area contributed by atoms with Crippen molar-refractivity contribution in [1.82, 2.24) is 9.55 Å². The zero-order valence-electron chi connectivity index (χ0n) is 11.0. The zero-order chi connectivity index (χ0) is 14.3. The van der Waals surface area contributed by atoms with Crippen LogP contribution in [0.1, 0.15) is 31.7 Å². The van der Waals surface area contributed by atoms with Crippen LogP contribution in [0.2, 0.25) is 0 Å². The smallest absolute Gasteiger partial charge is 0.326 e. The fourth-order valence-corrected chi connectivity index (χ4v) is 3.11. The molecule has 1 aromatic carbocycles. The maximum atomic E-state index is 12.1. The topological polar surface area (TPSA) is 101 Å². The monoisotopic (exact) mass is 275 g/mol. The Morgan fingerprint density at radius 1 is 1.30 bits per heavy atom. The number of anilines is 1. The Morgan fingerprint density at radius 3 is 2.65 bits per heavy atom. The van der Waals surface area contributed by atoms with Crippen molar-refractivity contribution in [2.24, 2.45) is 5.92 Å². The minimum absolute atomic E-state index is 0.0497. The van der Waals surface area contributed by atoms with Crippen LogP contribution in [-0.2, 0) is 4.79 Å². The molecule has 0 saturated heterocycles. The van der Waals surface area contributed by atoms with Crippen LogP contribution in [0.15, 0.2) is 23.0 Å². The first-order valence-electron chi connectivity index (χ1n) is 6.79. The Kier molecular flexibility index (Phi) is 3.00. The molecule has 106 valence electrons. The van der Waals surface area contributed by atoms with Crippen LogP contribution in [0.4, 0.5) is 5.69 Å². The van der Waals surface area contributed by atoms with Gasteiger partial charge >= 0.3 is 11.7 Å². The van der Waals surface area contributed by atoms with Crippen LogP contribution in [0.5, 0.6) is 0 Å². The molecule has 20 heavy (non-hydrogen) atoms. The fraction of sp³-hybridized carbons (Fsp3) is 0.429.